The van der Waals surface area contributed by atoms with Crippen molar-refractivity contribution < 1.29 is 4.79 Å². The molecular weight excluding hydrogens is 382 g/mol. The monoisotopic (exact) mass is 401 g/mol. The van der Waals surface area contributed by atoms with E-state index < -0.39 is 0 Å². The summed E-state index contributed by atoms with van der Waals surface area (Å²) in [5, 5.41) is 3.24. The van der Waals surface area contributed by atoms with Crippen LogP contribution in [0.1, 0.15) is 49.9 Å². The van der Waals surface area contributed by atoms with Crippen molar-refractivity contribution in [1.29, 1.82) is 0 Å². The van der Waals surface area contributed by atoms with Crippen molar-refractivity contribution in [2.45, 2.75) is 45.6 Å². The minimum Gasteiger partial charge on any atom is -0.349 e. The van der Waals surface area contributed by atoms with Crippen LogP contribution in [0.25, 0.3) is 0 Å². The van der Waals surface area contributed by atoms with Crippen LogP contribution in [0.5, 0.6) is 0 Å². The molecule has 1 aliphatic carbocycles. The molecule has 2 nitrogen and oxygen atoms in total. The van der Waals surface area contributed by atoms with Crippen LogP contribution >= 0.6 is 31.9 Å². The Balaban J connectivity index is 2.11. The Morgan fingerprint density at radius 3 is 2.65 bits per heavy atom. The quantitative estimate of drug-likeness (QED) is 0.743. The highest BCUT2D eigenvalue weighted by molar-refractivity contribution is 9.11. The fourth-order valence-electron chi connectivity index (χ4n) is 3.05. The largest absolute Gasteiger partial charge is 0.349 e. The Hall–Kier alpha value is -0.350. The van der Waals surface area contributed by atoms with E-state index in [1.807, 2.05) is 18.2 Å². The van der Waals surface area contributed by atoms with E-state index in [1.54, 1.807) is 0 Å². The van der Waals surface area contributed by atoms with Crippen molar-refractivity contribution in [2.24, 2.45) is 11.8 Å². The zero-order valence-corrected chi connectivity index (χ0v) is 15.1. The number of halogens is 2. The summed E-state index contributed by atoms with van der Waals surface area (Å²) in [5.74, 6) is 1.24. The topological polar surface area (TPSA) is 29.1 Å². The molecule has 1 N–H and O–H groups in total. The summed E-state index contributed by atoms with van der Waals surface area (Å²) in [6, 6.07) is 6.01. The minimum atomic E-state index is 0.0238. The van der Waals surface area contributed by atoms with E-state index in [-0.39, 0.29) is 5.91 Å². The molecule has 0 heterocycles. The lowest BCUT2D eigenvalue weighted by molar-refractivity contribution is 0.0888. The Kier molecular flexibility index (Phi) is 5.67. The maximum absolute atomic E-state index is 12.5. The first-order valence-electron chi connectivity index (χ1n) is 7.25. The molecule has 1 aliphatic rings. The fourth-order valence-corrected chi connectivity index (χ4v) is 3.84. The number of carbonyl (C=O) groups excluding carboxylic acids is 1. The molecule has 20 heavy (non-hydrogen) atoms. The lowest BCUT2D eigenvalue weighted by Gasteiger charge is -2.35. The predicted molar refractivity (Wildman–Crippen MR) is 89.9 cm³/mol. The zero-order chi connectivity index (χ0) is 14.7. The predicted octanol–water partition coefficient (Wildman–Crippen LogP) is 5.16. The van der Waals surface area contributed by atoms with Crippen LogP contribution in [-0.4, -0.2) is 11.9 Å². The fraction of sp³-hybridized carbons (Fsp3) is 0.562. The van der Waals surface area contributed by atoms with E-state index in [1.165, 1.54) is 19.3 Å². The zero-order valence-electron chi connectivity index (χ0n) is 12.0. The molecule has 0 saturated heterocycles. The molecule has 0 aliphatic heterocycles. The van der Waals surface area contributed by atoms with E-state index in [0.29, 0.717) is 23.4 Å². The van der Waals surface area contributed by atoms with Crippen molar-refractivity contribution in [1.82, 2.24) is 5.32 Å². The first kappa shape index (κ1) is 16.0. The number of carbonyl (C=O) groups is 1. The SMILES string of the molecule is CC(C)C1CCCCC1NC(=O)c1cc(Br)ccc1Br. The van der Waals surface area contributed by atoms with Crippen LogP contribution in [0.15, 0.2) is 27.1 Å². The lowest BCUT2D eigenvalue weighted by atomic mass is 9.78. The summed E-state index contributed by atoms with van der Waals surface area (Å²) in [6.45, 7) is 4.51. The maximum atomic E-state index is 12.5. The molecule has 1 aromatic rings. The number of nitrogens with one attached hydrogen (secondary N) is 1. The molecular formula is C16H21Br2NO. The van der Waals surface area contributed by atoms with Gasteiger partial charge >= 0.3 is 0 Å². The summed E-state index contributed by atoms with van der Waals surface area (Å²) in [4.78, 5) is 12.5. The van der Waals surface area contributed by atoms with Gasteiger partial charge in [-0.3, -0.25) is 4.79 Å². The van der Waals surface area contributed by atoms with Gasteiger partial charge in [-0.15, -0.1) is 0 Å². The molecule has 1 aromatic carbocycles. The second-order valence-electron chi connectivity index (χ2n) is 5.90. The number of hydrogen-bond acceptors (Lipinski definition) is 1. The lowest BCUT2D eigenvalue weighted by Crippen LogP contribution is -2.44. The Labute approximate surface area is 138 Å². The molecule has 0 aromatic heterocycles. The standard InChI is InChI=1S/C16H21Br2NO/c1-10(2)12-5-3-4-6-15(12)19-16(20)13-9-11(17)7-8-14(13)18/h7-10,12,15H,3-6H2,1-2H3,(H,19,20). The molecule has 2 unspecified atom stereocenters. The molecule has 1 fully saturated rings. The highest BCUT2D eigenvalue weighted by atomic mass is 79.9. The molecule has 0 spiro atoms. The van der Waals surface area contributed by atoms with Gasteiger partial charge in [-0.25, -0.2) is 0 Å². The average molecular weight is 403 g/mol. The highest BCUT2D eigenvalue weighted by Gasteiger charge is 2.29. The van der Waals surface area contributed by atoms with Gasteiger partial charge in [-0.1, -0.05) is 42.6 Å². The number of rotatable bonds is 3. The smallest absolute Gasteiger partial charge is 0.252 e. The van der Waals surface area contributed by atoms with Crippen LogP contribution < -0.4 is 5.32 Å². The third-order valence-corrected chi connectivity index (χ3v) is 5.35. The second-order valence-corrected chi connectivity index (χ2v) is 7.67. The normalized spacial score (nSPS) is 22.9. The van der Waals surface area contributed by atoms with E-state index >= 15 is 0 Å². The van der Waals surface area contributed by atoms with E-state index in [9.17, 15) is 4.79 Å². The van der Waals surface area contributed by atoms with E-state index in [4.69, 9.17) is 0 Å². The van der Waals surface area contributed by atoms with Crippen molar-refractivity contribution in [3.8, 4) is 0 Å². The minimum absolute atomic E-state index is 0.0238. The summed E-state index contributed by atoms with van der Waals surface area (Å²) < 4.78 is 1.77. The van der Waals surface area contributed by atoms with Gasteiger partial charge in [0.05, 0.1) is 5.56 Å². The van der Waals surface area contributed by atoms with Crippen molar-refractivity contribution >= 4 is 37.8 Å². The molecule has 1 amide bonds. The van der Waals surface area contributed by atoms with Crippen LogP contribution in [-0.2, 0) is 0 Å². The van der Waals surface area contributed by atoms with Crippen LogP contribution in [0.3, 0.4) is 0 Å². The number of benzene rings is 1. The van der Waals surface area contributed by atoms with Gasteiger partial charge < -0.3 is 5.32 Å². The molecule has 2 atom stereocenters. The molecule has 4 heteroatoms. The van der Waals surface area contributed by atoms with Gasteiger partial charge in [-0.05, 0) is 58.8 Å². The average Bonchev–Trinajstić information content (AvgIpc) is 2.41. The van der Waals surface area contributed by atoms with E-state index in [0.717, 1.165) is 15.4 Å². The summed E-state index contributed by atoms with van der Waals surface area (Å²) in [6.07, 6.45) is 4.83. The third kappa shape index (κ3) is 3.85. The summed E-state index contributed by atoms with van der Waals surface area (Å²) in [7, 11) is 0. The van der Waals surface area contributed by atoms with Crippen LogP contribution in [0.4, 0.5) is 0 Å². The van der Waals surface area contributed by atoms with Gasteiger partial charge in [0, 0.05) is 15.0 Å². The van der Waals surface area contributed by atoms with Crippen LogP contribution in [0.2, 0.25) is 0 Å². The van der Waals surface area contributed by atoms with Gasteiger partial charge in [0.2, 0.25) is 0 Å². The maximum Gasteiger partial charge on any atom is 0.252 e. The van der Waals surface area contributed by atoms with Gasteiger partial charge in [0.15, 0.2) is 0 Å². The Morgan fingerprint density at radius 1 is 1.25 bits per heavy atom. The van der Waals surface area contributed by atoms with Gasteiger partial charge in [0.1, 0.15) is 0 Å². The third-order valence-electron chi connectivity index (χ3n) is 4.17. The van der Waals surface area contributed by atoms with Gasteiger partial charge in [-0.2, -0.15) is 0 Å². The molecule has 0 radical (unpaired) electrons. The first-order valence-corrected chi connectivity index (χ1v) is 8.83. The van der Waals surface area contributed by atoms with Crippen LogP contribution in [0, 0.1) is 11.8 Å². The second kappa shape index (κ2) is 7.08. The van der Waals surface area contributed by atoms with Crippen molar-refractivity contribution in [3.05, 3.63) is 32.7 Å². The number of amides is 1. The van der Waals surface area contributed by atoms with Gasteiger partial charge in [0.25, 0.3) is 5.91 Å². The summed E-state index contributed by atoms with van der Waals surface area (Å²) in [5.41, 5.74) is 0.701. The number of hydrogen-bond donors (Lipinski definition) is 1. The highest BCUT2D eigenvalue weighted by Crippen LogP contribution is 2.31. The molecule has 2 rings (SSSR count). The Bertz CT molecular complexity index is 487. The molecule has 0 bridgehead atoms. The van der Waals surface area contributed by atoms with E-state index in [2.05, 4.69) is 51.0 Å². The van der Waals surface area contributed by atoms with Crippen molar-refractivity contribution in [3.63, 3.8) is 0 Å². The molecule has 1 saturated carbocycles. The summed E-state index contributed by atoms with van der Waals surface area (Å²) >= 11 is 6.88. The first-order chi connectivity index (χ1) is 9.49. The Morgan fingerprint density at radius 2 is 1.95 bits per heavy atom. The van der Waals surface area contributed by atoms with Crippen molar-refractivity contribution in [2.75, 3.05) is 0 Å². The molecule has 110 valence electrons.